The Bertz CT molecular complexity index is 825. The van der Waals surface area contributed by atoms with Gasteiger partial charge in [-0.3, -0.25) is 4.79 Å². The largest absolute Gasteiger partial charge is 0.481 e. The molecule has 1 N–H and O–H groups in total. The molecule has 0 aromatic heterocycles. The first kappa shape index (κ1) is 22.0. The van der Waals surface area contributed by atoms with Gasteiger partial charge in [0.2, 0.25) is 0 Å². The van der Waals surface area contributed by atoms with Crippen molar-refractivity contribution < 1.29 is 13.9 Å². The third-order valence-corrected chi connectivity index (χ3v) is 6.45. The van der Waals surface area contributed by atoms with Crippen LogP contribution in [0.2, 0.25) is 5.02 Å². The van der Waals surface area contributed by atoms with Crippen molar-refractivity contribution in [1.29, 1.82) is 0 Å². The fourth-order valence-corrected chi connectivity index (χ4v) is 4.67. The summed E-state index contributed by atoms with van der Waals surface area (Å²) in [6.07, 6.45) is 4.75. The smallest absolute Gasteiger partial charge is 0.261 e. The Morgan fingerprint density at radius 1 is 1.24 bits per heavy atom. The lowest BCUT2D eigenvalue weighted by Gasteiger charge is -2.20. The molecule has 29 heavy (non-hydrogen) atoms. The number of fused-ring (bicyclic) bond motifs is 1. The first-order valence-electron chi connectivity index (χ1n) is 10.1. The van der Waals surface area contributed by atoms with Crippen LogP contribution in [0, 0.1) is 5.82 Å². The lowest BCUT2D eigenvalue weighted by Crippen LogP contribution is -2.39. The Hall–Kier alpha value is -1.72. The van der Waals surface area contributed by atoms with E-state index in [0.29, 0.717) is 35.1 Å². The second kappa shape index (κ2) is 10.9. The van der Waals surface area contributed by atoms with Crippen LogP contribution in [0.3, 0.4) is 0 Å². The first-order chi connectivity index (χ1) is 14.1. The molecule has 0 heterocycles. The molecule has 1 aliphatic carbocycles. The Kier molecular flexibility index (Phi) is 8.25. The summed E-state index contributed by atoms with van der Waals surface area (Å²) < 4.78 is 19.7. The maximum Gasteiger partial charge on any atom is 0.261 e. The summed E-state index contributed by atoms with van der Waals surface area (Å²) in [7, 11) is 0. The van der Waals surface area contributed by atoms with Crippen LogP contribution in [-0.2, 0) is 23.4 Å². The number of ether oxygens (including phenoxy) is 1. The summed E-state index contributed by atoms with van der Waals surface area (Å²) in [6, 6.07) is 10.9. The van der Waals surface area contributed by atoms with Gasteiger partial charge in [-0.05, 0) is 67.5 Å². The molecule has 156 valence electrons. The summed E-state index contributed by atoms with van der Waals surface area (Å²) in [5, 5.41) is 3.36. The number of nitrogens with one attached hydrogen (secondary N) is 1. The third kappa shape index (κ3) is 6.13. The van der Waals surface area contributed by atoms with Crippen LogP contribution in [0.5, 0.6) is 5.75 Å². The van der Waals surface area contributed by atoms with E-state index in [1.807, 2.05) is 13.0 Å². The summed E-state index contributed by atoms with van der Waals surface area (Å²) >= 11 is 7.57. The molecule has 3 rings (SSSR count). The number of rotatable bonds is 9. The summed E-state index contributed by atoms with van der Waals surface area (Å²) in [4.78, 5) is 12.5. The number of carbonyl (C=O) groups is 1. The van der Waals surface area contributed by atoms with Gasteiger partial charge in [0.25, 0.3) is 5.91 Å². The van der Waals surface area contributed by atoms with E-state index in [1.165, 1.54) is 41.8 Å². The monoisotopic (exact) mass is 435 g/mol. The molecule has 0 fully saturated rings. The molecule has 1 amide bonds. The molecule has 1 atom stereocenters. The van der Waals surface area contributed by atoms with Crippen LogP contribution in [0.25, 0.3) is 0 Å². The van der Waals surface area contributed by atoms with Crippen molar-refractivity contribution >= 4 is 29.3 Å². The molecule has 2 aromatic carbocycles. The molecule has 0 saturated carbocycles. The SMILES string of the molecule is CCC(Oc1ccc2c(c1)CCCC2)C(=O)NCCSCc1c(F)cccc1Cl. The first-order valence-corrected chi connectivity index (χ1v) is 11.7. The van der Waals surface area contributed by atoms with Crippen LogP contribution in [0.1, 0.15) is 42.9 Å². The van der Waals surface area contributed by atoms with Crippen LogP contribution in [0.4, 0.5) is 4.39 Å². The molecule has 1 aliphatic rings. The van der Waals surface area contributed by atoms with E-state index < -0.39 is 6.10 Å². The Morgan fingerprint density at radius 3 is 2.79 bits per heavy atom. The minimum absolute atomic E-state index is 0.116. The van der Waals surface area contributed by atoms with Gasteiger partial charge in [-0.1, -0.05) is 30.7 Å². The van der Waals surface area contributed by atoms with E-state index in [4.69, 9.17) is 16.3 Å². The van der Waals surface area contributed by atoms with Crippen molar-refractivity contribution in [2.24, 2.45) is 0 Å². The number of hydrogen-bond donors (Lipinski definition) is 1. The van der Waals surface area contributed by atoms with Crippen molar-refractivity contribution in [2.75, 3.05) is 12.3 Å². The Morgan fingerprint density at radius 2 is 2.03 bits per heavy atom. The second-order valence-electron chi connectivity index (χ2n) is 7.20. The molecular weight excluding hydrogens is 409 g/mol. The van der Waals surface area contributed by atoms with Gasteiger partial charge in [-0.25, -0.2) is 4.39 Å². The Balaban J connectivity index is 1.44. The number of aryl methyl sites for hydroxylation is 2. The zero-order chi connectivity index (χ0) is 20.6. The highest BCUT2D eigenvalue weighted by molar-refractivity contribution is 7.98. The molecule has 2 aromatic rings. The topological polar surface area (TPSA) is 38.3 Å². The van der Waals surface area contributed by atoms with Gasteiger partial charge >= 0.3 is 0 Å². The van der Waals surface area contributed by atoms with Crippen LogP contribution >= 0.6 is 23.4 Å². The number of thioether (sulfide) groups is 1. The standard InChI is InChI=1S/C23H27ClFNO2S/c1-2-22(28-18-11-10-16-6-3-4-7-17(16)14-18)23(27)26-12-13-29-15-19-20(24)8-5-9-21(19)25/h5,8-11,14,22H,2-4,6-7,12-13,15H2,1H3,(H,26,27). The van der Waals surface area contributed by atoms with Gasteiger partial charge in [0.1, 0.15) is 11.6 Å². The molecular formula is C23H27ClFNO2S. The molecule has 6 heteroatoms. The Labute approximate surface area is 181 Å². The fourth-order valence-electron chi connectivity index (χ4n) is 3.47. The molecule has 0 saturated heterocycles. The average Bonchev–Trinajstić information content (AvgIpc) is 2.73. The van der Waals surface area contributed by atoms with Crippen LogP contribution < -0.4 is 10.1 Å². The number of carbonyl (C=O) groups excluding carboxylic acids is 1. The van der Waals surface area contributed by atoms with E-state index in [0.717, 1.165) is 18.6 Å². The number of amides is 1. The fraction of sp³-hybridized carbons (Fsp3) is 0.435. The molecule has 1 unspecified atom stereocenters. The van der Waals surface area contributed by atoms with Gasteiger partial charge in [0.05, 0.1) is 0 Å². The summed E-state index contributed by atoms with van der Waals surface area (Å²) in [6.45, 7) is 2.44. The molecule has 0 spiro atoms. The highest BCUT2D eigenvalue weighted by atomic mass is 35.5. The van der Waals surface area contributed by atoms with E-state index in [2.05, 4.69) is 17.4 Å². The van der Waals surface area contributed by atoms with Crippen LogP contribution in [-0.4, -0.2) is 24.3 Å². The predicted molar refractivity (Wildman–Crippen MR) is 118 cm³/mol. The van der Waals surface area contributed by atoms with Crippen molar-refractivity contribution in [3.05, 3.63) is 63.9 Å². The third-order valence-electron chi connectivity index (χ3n) is 5.12. The summed E-state index contributed by atoms with van der Waals surface area (Å²) in [5.74, 6) is 1.50. The number of benzene rings is 2. The van der Waals surface area contributed by atoms with Gasteiger partial charge < -0.3 is 10.1 Å². The van der Waals surface area contributed by atoms with Gasteiger partial charge in [-0.15, -0.1) is 0 Å². The second-order valence-corrected chi connectivity index (χ2v) is 8.71. The lowest BCUT2D eigenvalue weighted by atomic mass is 9.92. The number of halogens is 2. The molecule has 0 aliphatic heterocycles. The van der Waals surface area contributed by atoms with E-state index in [9.17, 15) is 9.18 Å². The predicted octanol–water partition coefficient (Wildman–Crippen LogP) is 5.56. The average molecular weight is 436 g/mol. The van der Waals surface area contributed by atoms with Gasteiger partial charge in [0.15, 0.2) is 6.10 Å². The minimum atomic E-state index is -0.511. The maximum atomic E-state index is 13.8. The quantitative estimate of drug-likeness (QED) is 0.523. The zero-order valence-corrected chi connectivity index (χ0v) is 18.3. The highest BCUT2D eigenvalue weighted by Crippen LogP contribution is 2.26. The van der Waals surface area contributed by atoms with Crippen molar-refractivity contribution in [1.82, 2.24) is 5.32 Å². The van der Waals surface area contributed by atoms with Crippen molar-refractivity contribution in [3.8, 4) is 5.75 Å². The van der Waals surface area contributed by atoms with E-state index in [-0.39, 0.29) is 11.7 Å². The molecule has 0 bridgehead atoms. The summed E-state index contributed by atoms with van der Waals surface area (Å²) in [5.41, 5.74) is 3.24. The maximum absolute atomic E-state index is 13.8. The molecule has 3 nitrogen and oxygen atoms in total. The highest BCUT2D eigenvalue weighted by Gasteiger charge is 2.19. The van der Waals surface area contributed by atoms with Gasteiger partial charge in [-0.2, -0.15) is 11.8 Å². The zero-order valence-electron chi connectivity index (χ0n) is 16.7. The lowest BCUT2D eigenvalue weighted by molar-refractivity contribution is -0.127. The normalized spacial score (nSPS) is 14.2. The molecule has 0 radical (unpaired) electrons. The van der Waals surface area contributed by atoms with Gasteiger partial charge in [0, 0.05) is 28.6 Å². The minimum Gasteiger partial charge on any atom is -0.481 e. The van der Waals surface area contributed by atoms with Crippen molar-refractivity contribution in [3.63, 3.8) is 0 Å². The van der Waals surface area contributed by atoms with E-state index in [1.54, 1.807) is 12.1 Å². The van der Waals surface area contributed by atoms with Crippen molar-refractivity contribution in [2.45, 2.75) is 50.9 Å². The number of hydrogen-bond acceptors (Lipinski definition) is 3. The van der Waals surface area contributed by atoms with Crippen LogP contribution in [0.15, 0.2) is 36.4 Å². The van der Waals surface area contributed by atoms with E-state index >= 15 is 0 Å².